The van der Waals surface area contributed by atoms with Crippen LogP contribution in [0.1, 0.15) is 26.3 Å². The Morgan fingerprint density at radius 1 is 0.902 bits per heavy atom. The molecule has 3 aromatic heterocycles. The minimum Gasteiger partial charge on any atom is -0.461 e. The van der Waals surface area contributed by atoms with Gasteiger partial charge in [-0.3, -0.25) is 4.79 Å². The SMILES string of the molecule is CC(C)(C)[Si](OCCOC[C@H](Oc1ncnc2c1cnn2-c1ccccc1Cl)C(=O)Nc1ccc(C#N)cn1)(c1ccccc1)c1ccccc1. The second-order valence-corrected chi connectivity index (χ2v) is 17.4. The summed E-state index contributed by atoms with van der Waals surface area (Å²) < 4.78 is 20.9. The number of hydrogen-bond acceptors (Lipinski definition) is 9. The van der Waals surface area contributed by atoms with Crippen LogP contribution in [0, 0.1) is 11.3 Å². The molecule has 1 amide bonds. The number of nitrogens with one attached hydrogen (secondary N) is 1. The average molecular weight is 718 g/mol. The Balaban J connectivity index is 1.23. The third-order valence-electron chi connectivity index (χ3n) is 8.33. The normalized spacial score (nSPS) is 12.3. The Morgan fingerprint density at radius 2 is 1.59 bits per heavy atom. The molecule has 0 radical (unpaired) electrons. The highest BCUT2D eigenvalue weighted by molar-refractivity contribution is 6.99. The molecule has 0 unspecified atom stereocenters. The third-order valence-corrected chi connectivity index (χ3v) is 13.7. The number of carbonyl (C=O) groups excluding carboxylic acids is 1. The number of para-hydroxylation sites is 1. The summed E-state index contributed by atoms with van der Waals surface area (Å²) in [6.45, 7) is 6.97. The summed E-state index contributed by atoms with van der Waals surface area (Å²) >= 11 is 6.45. The lowest BCUT2D eigenvalue weighted by Gasteiger charge is -2.43. The molecular weight excluding hydrogens is 682 g/mol. The first kappa shape index (κ1) is 35.4. The zero-order chi connectivity index (χ0) is 35.8. The number of anilines is 1. The van der Waals surface area contributed by atoms with Gasteiger partial charge in [0, 0.05) is 6.20 Å². The largest absolute Gasteiger partial charge is 0.461 e. The minimum atomic E-state index is -2.79. The van der Waals surface area contributed by atoms with E-state index in [0.29, 0.717) is 27.3 Å². The van der Waals surface area contributed by atoms with E-state index in [-0.39, 0.29) is 36.6 Å². The molecule has 3 heterocycles. The highest BCUT2D eigenvalue weighted by atomic mass is 35.5. The standard InChI is InChI=1S/C38H36ClN7O4Si/c1-38(2,3)51(28-12-6-4-7-13-28,29-14-8-5-9-15-29)49-21-20-48-25-33(36(47)45-34-19-18-27(22-40)23-41-34)50-37-30-24-44-46(35(30)42-26-43-37)32-17-11-10-16-31(32)39/h4-19,23-24,26,33H,20-21,25H2,1-3H3,(H,41,45,47)/t33-/m0/s1. The summed E-state index contributed by atoms with van der Waals surface area (Å²) in [7, 11) is -2.79. The molecule has 6 aromatic rings. The Morgan fingerprint density at radius 3 is 2.22 bits per heavy atom. The van der Waals surface area contributed by atoms with Gasteiger partial charge in [0.05, 0.1) is 42.3 Å². The molecule has 11 nitrogen and oxygen atoms in total. The van der Waals surface area contributed by atoms with Gasteiger partial charge in [0.25, 0.3) is 14.2 Å². The van der Waals surface area contributed by atoms with Gasteiger partial charge in [0.1, 0.15) is 23.6 Å². The molecule has 0 spiro atoms. The molecule has 1 N–H and O–H groups in total. The van der Waals surface area contributed by atoms with Crippen molar-refractivity contribution in [3.05, 3.63) is 126 Å². The average Bonchev–Trinajstić information content (AvgIpc) is 3.58. The zero-order valence-electron chi connectivity index (χ0n) is 28.4. The summed E-state index contributed by atoms with van der Waals surface area (Å²) in [6, 6.07) is 33.1. The van der Waals surface area contributed by atoms with Gasteiger partial charge in [-0.05, 0) is 39.7 Å². The molecule has 0 aliphatic carbocycles. The first-order chi connectivity index (χ1) is 24.7. The van der Waals surface area contributed by atoms with Crippen molar-refractivity contribution < 1.29 is 18.7 Å². The summed E-state index contributed by atoms with van der Waals surface area (Å²) in [5, 5.41) is 19.5. The van der Waals surface area contributed by atoms with E-state index in [2.05, 4.69) is 70.4 Å². The Bertz CT molecular complexity index is 2100. The van der Waals surface area contributed by atoms with Crippen LogP contribution in [-0.2, 0) is 14.0 Å². The van der Waals surface area contributed by atoms with Crippen LogP contribution >= 0.6 is 11.6 Å². The molecule has 0 aliphatic rings. The molecule has 3 aromatic carbocycles. The maximum Gasteiger partial charge on any atom is 0.269 e. The fraction of sp³-hybridized carbons (Fsp3) is 0.211. The molecule has 13 heteroatoms. The lowest BCUT2D eigenvalue weighted by molar-refractivity contribution is -0.125. The van der Waals surface area contributed by atoms with Crippen LogP contribution in [0.25, 0.3) is 16.7 Å². The summed E-state index contributed by atoms with van der Waals surface area (Å²) in [5.41, 5.74) is 1.44. The van der Waals surface area contributed by atoms with Gasteiger partial charge in [-0.1, -0.05) is 105 Å². The molecule has 0 fully saturated rings. The Labute approximate surface area is 302 Å². The van der Waals surface area contributed by atoms with Crippen LogP contribution in [-0.4, -0.2) is 64.9 Å². The van der Waals surface area contributed by atoms with Crippen molar-refractivity contribution in [2.45, 2.75) is 31.9 Å². The van der Waals surface area contributed by atoms with Gasteiger partial charge in [-0.15, -0.1) is 0 Å². The van der Waals surface area contributed by atoms with Crippen LogP contribution in [0.2, 0.25) is 10.1 Å². The molecule has 0 aliphatic heterocycles. The first-order valence-corrected chi connectivity index (χ1v) is 18.6. The van der Waals surface area contributed by atoms with E-state index in [1.54, 1.807) is 29.1 Å². The van der Waals surface area contributed by atoms with E-state index in [9.17, 15) is 4.79 Å². The highest BCUT2D eigenvalue weighted by Crippen LogP contribution is 2.36. The van der Waals surface area contributed by atoms with Gasteiger partial charge in [0.15, 0.2) is 5.65 Å². The second-order valence-electron chi connectivity index (χ2n) is 12.7. The number of halogens is 1. The van der Waals surface area contributed by atoms with E-state index in [4.69, 9.17) is 30.8 Å². The second kappa shape index (κ2) is 15.6. The number of hydrogen-bond donors (Lipinski definition) is 1. The fourth-order valence-corrected chi connectivity index (χ4v) is 10.7. The third kappa shape index (κ3) is 7.67. The van der Waals surface area contributed by atoms with Gasteiger partial charge in [-0.2, -0.15) is 10.4 Å². The van der Waals surface area contributed by atoms with E-state index in [1.165, 1.54) is 12.5 Å². The van der Waals surface area contributed by atoms with Crippen molar-refractivity contribution >= 4 is 53.1 Å². The van der Waals surface area contributed by atoms with E-state index in [0.717, 1.165) is 10.4 Å². The van der Waals surface area contributed by atoms with Crippen molar-refractivity contribution in [2.24, 2.45) is 0 Å². The molecule has 6 rings (SSSR count). The van der Waals surface area contributed by atoms with Crippen LogP contribution in [0.3, 0.4) is 0 Å². The van der Waals surface area contributed by atoms with Gasteiger partial charge in [-0.25, -0.2) is 19.6 Å². The van der Waals surface area contributed by atoms with Gasteiger partial charge < -0.3 is 19.2 Å². The maximum absolute atomic E-state index is 13.7. The van der Waals surface area contributed by atoms with Crippen molar-refractivity contribution in [3.63, 3.8) is 0 Å². The van der Waals surface area contributed by atoms with Crippen molar-refractivity contribution in [2.75, 3.05) is 25.1 Å². The van der Waals surface area contributed by atoms with Crippen LogP contribution in [0.5, 0.6) is 5.88 Å². The number of amides is 1. The van der Waals surface area contributed by atoms with E-state index < -0.39 is 20.3 Å². The topological polar surface area (TPSA) is 137 Å². The van der Waals surface area contributed by atoms with Gasteiger partial charge in [0.2, 0.25) is 12.0 Å². The summed E-state index contributed by atoms with van der Waals surface area (Å²) in [5.74, 6) is -0.134. The number of carbonyl (C=O) groups is 1. The van der Waals surface area contributed by atoms with Crippen molar-refractivity contribution in [1.82, 2.24) is 24.7 Å². The van der Waals surface area contributed by atoms with E-state index in [1.807, 2.05) is 60.7 Å². The fourth-order valence-electron chi connectivity index (χ4n) is 5.96. The number of nitriles is 1. The van der Waals surface area contributed by atoms with Crippen LogP contribution < -0.4 is 20.4 Å². The molecule has 0 bridgehead atoms. The Kier molecular flexibility index (Phi) is 10.8. The Hall–Kier alpha value is -5.45. The van der Waals surface area contributed by atoms with Crippen molar-refractivity contribution in [1.29, 1.82) is 5.26 Å². The number of rotatable bonds is 13. The number of fused-ring (bicyclic) bond motifs is 1. The van der Waals surface area contributed by atoms with Crippen LogP contribution in [0.15, 0.2) is 116 Å². The monoisotopic (exact) mass is 717 g/mol. The minimum absolute atomic E-state index is 0.129. The molecule has 0 saturated carbocycles. The van der Waals surface area contributed by atoms with Crippen molar-refractivity contribution in [3.8, 4) is 17.6 Å². The van der Waals surface area contributed by atoms with E-state index >= 15 is 0 Å². The predicted octanol–water partition coefficient (Wildman–Crippen LogP) is 5.71. The highest BCUT2D eigenvalue weighted by Gasteiger charge is 2.50. The summed E-state index contributed by atoms with van der Waals surface area (Å²) in [6.07, 6.45) is 3.12. The molecule has 258 valence electrons. The smallest absolute Gasteiger partial charge is 0.269 e. The van der Waals surface area contributed by atoms with Crippen LogP contribution in [0.4, 0.5) is 5.82 Å². The lowest BCUT2D eigenvalue weighted by atomic mass is 10.2. The number of nitrogens with zero attached hydrogens (tertiary/aromatic N) is 6. The maximum atomic E-state index is 13.7. The van der Waals surface area contributed by atoms with Gasteiger partial charge >= 0.3 is 0 Å². The number of ether oxygens (including phenoxy) is 2. The lowest BCUT2D eigenvalue weighted by Crippen LogP contribution is -2.66. The molecule has 1 atom stereocenters. The number of pyridine rings is 1. The first-order valence-electron chi connectivity index (χ1n) is 16.3. The quantitative estimate of drug-likeness (QED) is 0.118. The predicted molar refractivity (Wildman–Crippen MR) is 198 cm³/mol. The molecular formula is C38H36ClN7O4Si. The number of aromatic nitrogens is 5. The molecule has 0 saturated heterocycles. The number of benzene rings is 3. The summed E-state index contributed by atoms with van der Waals surface area (Å²) in [4.78, 5) is 26.6. The molecule has 51 heavy (non-hydrogen) atoms. The zero-order valence-corrected chi connectivity index (χ0v) is 30.1.